The number of hydrogen-bond acceptors (Lipinski definition) is 3. The highest BCUT2D eigenvalue weighted by molar-refractivity contribution is 14.0. The number of thiazole rings is 1. The Hall–Kier alpha value is -0.370. The first-order chi connectivity index (χ1) is 8.16. The summed E-state index contributed by atoms with van der Waals surface area (Å²) < 4.78 is 0. The first-order valence-corrected chi connectivity index (χ1v) is 6.96. The number of likely N-dealkylation sites (tertiary alicyclic amines) is 1. The Labute approximate surface area is 130 Å². The molecule has 0 atom stereocenters. The Morgan fingerprint density at radius 2 is 2.00 bits per heavy atom. The van der Waals surface area contributed by atoms with E-state index in [1.165, 1.54) is 24.1 Å². The molecule has 0 aromatic carbocycles. The summed E-state index contributed by atoms with van der Waals surface area (Å²) in [4.78, 5) is 12.4. The van der Waals surface area contributed by atoms with E-state index in [1.807, 2.05) is 6.92 Å². The van der Waals surface area contributed by atoms with Crippen molar-refractivity contribution in [3.8, 4) is 0 Å². The van der Waals surface area contributed by atoms with Crippen molar-refractivity contribution in [1.29, 1.82) is 0 Å². The van der Waals surface area contributed by atoms with E-state index in [1.54, 1.807) is 11.3 Å². The summed E-state index contributed by atoms with van der Waals surface area (Å²) in [6, 6.07) is 0. The van der Waals surface area contributed by atoms with Crippen molar-refractivity contribution in [2.45, 2.75) is 39.7 Å². The Bertz CT molecular complexity index is 391. The van der Waals surface area contributed by atoms with Crippen molar-refractivity contribution in [1.82, 2.24) is 9.88 Å². The second kappa shape index (κ2) is 7.28. The molecule has 0 aliphatic carbocycles. The van der Waals surface area contributed by atoms with Gasteiger partial charge in [-0.15, -0.1) is 35.3 Å². The third-order valence-corrected chi connectivity index (χ3v) is 4.19. The van der Waals surface area contributed by atoms with Gasteiger partial charge in [0.1, 0.15) is 5.01 Å². The molecule has 18 heavy (non-hydrogen) atoms. The second-order valence-electron chi connectivity index (χ2n) is 4.47. The Balaban J connectivity index is 0.00000162. The minimum atomic E-state index is 0. The number of halogens is 1. The molecular formula is C12H21IN4S. The molecule has 0 bridgehead atoms. The van der Waals surface area contributed by atoms with Gasteiger partial charge in [0.15, 0.2) is 5.96 Å². The fourth-order valence-electron chi connectivity index (χ4n) is 1.98. The molecule has 1 saturated heterocycles. The van der Waals surface area contributed by atoms with Gasteiger partial charge in [0.2, 0.25) is 0 Å². The van der Waals surface area contributed by atoms with Crippen LogP contribution in [0.5, 0.6) is 0 Å². The molecular weight excluding hydrogens is 359 g/mol. The van der Waals surface area contributed by atoms with E-state index < -0.39 is 0 Å². The van der Waals surface area contributed by atoms with Crippen LogP contribution in [0.25, 0.3) is 0 Å². The Kier molecular flexibility index (Phi) is 6.34. The molecule has 0 spiro atoms. The number of aliphatic imine (C=N–C) groups is 1. The van der Waals surface area contributed by atoms with E-state index in [9.17, 15) is 0 Å². The zero-order chi connectivity index (χ0) is 12.3. The molecule has 1 aromatic rings. The molecule has 6 heteroatoms. The van der Waals surface area contributed by atoms with Crippen LogP contribution >= 0.6 is 35.3 Å². The quantitative estimate of drug-likeness (QED) is 0.488. The minimum Gasteiger partial charge on any atom is -0.370 e. The zero-order valence-corrected chi connectivity index (χ0v) is 14.1. The van der Waals surface area contributed by atoms with Crippen LogP contribution in [-0.4, -0.2) is 28.9 Å². The van der Waals surface area contributed by atoms with Crippen molar-refractivity contribution >= 4 is 41.3 Å². The first kappa shape index (κ1) is 15.7. The lowest BCUT2D eigenvalue weighted by Crippen LogP contribution is -2.40. The third kappa shape index (κ3) is 4.08. The molecule has 2 rings (SSSR count). The van der Waals surface area contributed by atoms with Crippen LogP contribution < -0.4 is 5.73 Å². The highest BCUT2D eigenvalue weighted by Gasteiger charge is 2.12. The predicted octanol–water partition coefficient (Wildman–Crippen LogP) is 2.68. The zero-order valence-electron chi connectivity index (χ0n) is 11.0. The maximum atomic E-state index is 5.99. The lowest BCUT2D eigenvalue weighted by molar-refractivity contribution is 0.338. The van der Waals surface area contributed by atoms with E-state index in [2.05, 4.69) is 21.8 Å². The summed E-state index contributed by atoms with van der Waals surface area (Å²) in [5.74, 6) is 0.676. The number of piperidine rings is 1. The maximum absolute atomic E-state index is 5.99. The Morgan fingerprint density at radius 1 is 1.33 bits per heavy atom. The van der Waals surface area contributed by atoms with Crippen LogP contribution in [0.3, 0.4) is 0 Å². The normalized spacial score (nSPS) is 16.6. The summed E-state index contributed by atoms with van der Waals surface area (Å²) in [7, 11) is 0. The molecule has 0 amide bonds. The molecule has 1 aliphatic heterocycles. The number of hydrogen-bond donors (Lipinski definition) is 1. The van der Waals surface area contributed by atoms with Crippen molar-refractivity contribution < 1.29 is 0 Å². The van der Waals surface area contributed by atoms with Gasteiger partial charge in [0.25, 0.3) is 0 Å². The number of rotatable bonds is 2. The molecule has 1 fully saturated rings. The van der Waals surface area contributed by atoms with Crippen molar-refractivity contribution in [3.05, 3.63) is 15.6 Å². The predicted molar refractivity (Wildman–Crippen MR) is 87.8 cm³/mol. The summed E-state index contributed by atoms with van der Waals surface area (Å²) in [5.41, 5.74) is 7.10. The van der Waals surface area contributed by atoms with Gasteiger partial charge in [-0.25, -0.2) is 9.98 Å². The van der Waals surface area contributed by atoms with E-state index in [0.29, 0.717) is 12.5 Å². The van der Waals surface area contributed by atoms with Crippen LogP contribution in [0.1, 0.15) is 34.8 Å². The van der Waals surface area contributed by atoms with Gasteiger partial charge in [-0.3, -0.25) is 0 Å². The van der Waals surface area contributed by atoms with Crippen LogP contribution in [-0.2, 0) is 6.54 Å². The molecule has 1 aromatic heterocycles. The van der Waals surface area contributed by atoms with Gasteiger partial charge in [-0.05, 0) is 33.1 Å². The minimum absolute atomic E-state index is 0. The molecule has 0 unspecified atom stereocenters. The molecule has 0 saturated carbocycles. The van der Waals surface area contributed by atoms with Gasteiger partial charge < -0.3 is 10.6 Å². The van der Waals surface area contributed by atoms with Crippen molar-refractivity contribution in [3.63, 3.8) is 0 Å². The van der Waals surface area contributed by atoms with E-state index >= 15 is 0 Å². The second-order valence-corrected chi connectivity index (χ2v) is 5.76. The average molecular weight is 380 g/mol. The highest BCUT2D eigenvalue weighted by Crippen LogP contribution is 2.17. The lowest BCUT2D eigenvalue weighted by Gasteiger charge is -2.27. The van der Waals surface area contributed by atoms with Gasteiger partial charge in [-0.1, -0.05) is 0 Å². The molecule has 2 heterocycles. The standard InChI is InChI=1S/C12H20N4S.HI/c1-9-10(2)17-11(15-9)8-14-12(13)16-6-4-3-5-7-16;/h3-8H2,1-2H3,(H2,13,14);1H. The van der Waals surface area contributed by atoms with Crippen molar-refractivity contribution in [2.24, 2.45) is 10.7 Å². The Morgan fingerprint density at radius 3 is 2.56 bits per heavy atom. The van der Waals surface area contributed by atoms with Gasteiger partial charge in [0.05, 0.1) is 12.2 Å². The summed E-state index contributed by atoms with van der Waals surface area (Å²) in [6.45, 7) is 6.83. The van der Waals surface area contributed by atoms with E-state index in [-0.39, 0.29) is 24.0 Å². The SMILES string of the molecule is Cc1nc(CN=C(N)N2CCCCC2)sc1C.I. The van der Waals surface area contributed by atoms with Gasteiger partial charge in [-0.2, -0.15) is 0 Å². The smallest absolute Gasteiger partial charge is 0.191 e. The molecule has 0 radical (unpaired) electrons. The van der Waals surface area contributed by atoms with E-state index in [4.69, 9.17) is 5.73 Å². The van der Waals surface area contributed by atoms with Crippen LogP contribution in [0.15, 0.2) is 4.99 Å². The number of aryl methyl sites for hydroxylation is 2. The first-order valence-electron chi connectivity index (χ1n) is 6.14. The summed E-state index contributed by atoms with van der Waals surface area (Å²) in [6.07, 6.45) is 3.77. The fraction of sp³-hybridized carbons (Fsp3) is 0.667. The van der Waals surface area contributed by atoms with Crippen LogP contribution in [0, 0.1) is 13.8 Å². The number of nitrogens with two attached hydrogens (primary N) is 1. The van der Waals surface area contributed by atoms with Crippen molar-refractivity contribution in [2.75, 3.05) is 13.1 Å². The number of nitrogens with zero attached hydrogens (tertiary/aromatic N) is 3. The lowest BCUT2D eigenvalue weighted by atomic mass is 10.1. The highest BCUT2D eigenvalue weighted by atomic mass is 127. The fourth-order valence-corrected chi connectivity index (χ4v) is 2.84. The van der Waals surface area contributed by atoms with Gasteiger partial charge in [0, 0.05) is 18.0 Å². The molecule has 4 nitrogen and oxygen atoms in total. The third-order valence-electron chi connectivity index (χ3n) is 3.13. The largest absolute Gasteiger partial charge is 0.370 e. The summed E-state index contributed by atoms with van der Waals surface area (Å²) in [5, 5.41) is 1.06. The number of aromatic nitrogens is 1. The summed E-state index contributed by atoms with van der Waals surface area (Å²) >= 11 is 1.71. The molecule has 2 N–H and O–H groups in total. The van der Waals surface area contributed by atoms with Gasteiger partial charge >= 0.3 is 0 Å². The number of guanidine groups is 1. The van der Waals surface area contributed by atoms with Crippen LogP contribution in [0.2, 0.25) is 0 Å². The maximum Gasteiger partial charge on any atom is 0.191 e. The topological polar surface area (TPSA) is 54.5 Å². The molecule has 1 aliphatic rings. The van der Waals surface area contributed by atoms with Crippen LogP contribution in [0.4, 0.5) is 0 Å². The average Bonchev–Trinajstić information content (AvgIpc) is 2.67. The monoisotopic (exact) mass is 380 g/mol. The van der Waals surface area contributed by atoms with E-state index in [0.717, 1.165) is 23.8 Å². The molecule has 102 valence electrons.